The van der Waals surface area contributed by atoms with E-state index < -0.39 is 5.92 Å². The van der Waals surface area contributed by atoms with Crippen molar-refractivity contribution < 1.29 is 4.79 Å². The lowest BCUT2D eigenvalue weighted by Gasteiger charge is -2.40. The Labute approximate surface area is 116 Å². The normalized spacial score (nSPS) is 23.9. The van der Waals surface area contributed by atoms with E-state index in [0.29, 0.717) is 12.5 Å². The van der Waals surface area contributed by atoms with Crippen LogP contribution in [0.5, 0.6) is 0 Å². The van der Waals surface area contributed by atoms with E-state index in [2.05, 4.69) is 11.0 Å². The molecule has 2 heterocycles. The molecule has 0 aromatic rings. The molecule has 2 aliphatic heterocycles. The molecule has 0 aromatic carbocycles. The summed E-state index contributed by atoms with van der Waals surface area (Å²) in [6.07, 6.45) is 6.80. The minimum Gasteiger partial charge on any atom is -0.341 e. The van der Waals surface area contributed by atoms with Crippen LogP contribution in [0, 0.1) is 17.2 Å². The second kappa shape index (κ2) is 6.91. The lowest BCUT2D eigenvalue weighted by atomic mass is 9.98. The van der Waals surface area contributed by atoms with Crippen LogP contribution in [0.15, 0.2) is 0 Å². The third-order valence-electron chi connectivity index (χ3n) is 4.55. The molecule has 0 N–H and O–H groups in total. The molecule has 0 aromatic heterocycles. The van der Waals surface area contributed by atoms with Crippen LogP contribution in [0.2, 0.25) is 0 Å². The molecule has 2 aliphatic rings. The summed E-state index contributed by atoms with van der Waals surface area (Å²) in [5, 5.41) is 8.98. The zero-order valence-corrected chi connectivity index (χ0v) is 12.0. The quantitative estimate of drug-likeness (QED) is 0.782. The SMILES string of the molecule is CCC(C#N)C(=O)N1CCC(N2CCCCC2)CC1. The zero-order valence-electron chi connectivity index (χ0n) is 12.0. The number of carbonyl (C=O) groups excluding carboxylic acids is 1. The molecule has 1 unspecified atom stereocenters. The van der Waals surface area contributed by atoms with Gasteiger partial charge in [-0.05, 0) is 45.2 Å². The minimum absolute atomic E-state index is 0.0436. The van der Waals surface area contributed by atoms with Crippen molar-refractivity contribution >= 4 is 5.91 Å². The summed E-state index contributed by atoms with van der Waals surface area (Å²) < 4.78 is 0. The van der Waals surface area contributed by atoms with E-state index in [-0.39, 0.29) is 5.91 Å². The lowest BCUT2D eigenvalue weighted by Crippen LogP contribution is -2.49. The smallest absolute Gasteiger partial charge is 0.239 e. The summed E-state index contributed by atoms with van der Waals surface area (Å²) in [5.74, 6) is -0.395. The molecular formula is C15H25N3O. The summed E-state index contributed by atoms with van der Waals surface area (Å²) in [6, 6.07) is 2.78. The first-order valence-electron chi connectivity index (χ1n) is 7.68. The van der Waals surface area contributed by atoms with Gasteiger partial charge < -0.3 is 9.80 Å². The molecule has 0 bridgehead atoms. The fourth-order valence-corrected chi connectivity index (χ4v) is 3.28. The van der Waals surface area contributed by atoms with Gasteiger partial charge >= 0.3 is 0 Å². The van der Waals surface area contributed by atoms with Crippen molar-refractivity contribution in [3.63, 3.8) is 0 Å². The van der Waals surface area contributed by atoms with Gasteiger partial charge in [0.2, 0.25) is 5.91 Å². The second-order valence-corrected chi connectivity index (χ2v) is 5.74. The highest BCUT2D eigenvalue weighted by Gasteiger charge is 2.30. The maximum Gasteiger partial charge on any atom is 0.239 e. The van der Waals surface area contributed by atoms with E-state index in [9.17, 15) is 4.79 Å². The second-order valence-electron chi connectivity index (χ2n) is 5.74. The fraction of sp³-hybridized carbons (Fsp3) is 0.867. The van der Waals surface area contributed by atoms with Crippen molar-refractivity contribution in [2.24, 2.45) is 5.92 Å². The van der Waals surface area contributed by atoms with Crippen LogP contribution in [0.4, 0.5) is 0 Å². The van der Waals surface area contributed by atoms with Crippen molar-refractivity contribution in [2.45, 2.75) is 51.5 Å². The van der Waals surface area contributed by atoms with Crippen molar-refractivity contribution in [1.29, 1.82) is 5.26 Å². The van der Waals surface area contributed by atoms with E-state index in [1.165, 1.54) is 32.4 Å². The topological polar surface area (TPSA) is 47.3 Å². The number of nitriles is 1. The van der Waals surface area contributed by atoms with Crippen molar-refractivity contribution in [3.05, 3.63) is 0 Å². The third kappa shape index (κ3) is 3.48. The van der Waals surface area contributed by atoms with Gasteiger partial charge in [0.1, 0.15) is 5.92 Å². The Hall–Kier alpha value is -1.08. The highest BCUT2D eigenvalue weighted by Crippen LogP contribution is 2.22. The third-order valence-corrected chi connectivity index (χ3v) is 4.55. The van der Waals surface area contributed by atoms with Crippen LogP contribution in [-0.2, 0) is 4.79 Å². The number of hydrogen-bond acceptors (Lipinski definition) is 3. The number of carbonyl (C=O) groups is 1. The van der Waals surface area contributed by atoms with E-state index in [1.807, 2.05) is 11.8 Å². The number of nitrogens with zero attached hydrogens (tertiary/aromatic N) is 3. The van der Waals surface area contributed by atoms with Crippen molar-refractivity contribution in [1.82, 2.24) is 9.80 Å². The molecule has 19 heavy (non-hydrogen) atoms. The summed E-state index contributed by atoms with van der Waals surface area (Å²) in [7, 11) is 0. The number of hydrogen-bond donors (Lipinski definition) is 0. The minimum atomic E-state index is -0.438. The van der Waals surface area contributed by atoms with Crippen LogP contribution in [0.3, 0.4) is 0 Å². The molecule has 0 spiro atoms. The predicted molar refractivity (Wildman–Crippen MR) is 74.4 cm³/mol. The molecule has 2 fully saturated rings. The highest BCUT2D eigenvalue weighted by molar-refractivity contribution is 5.81. The highest BCUT2D eigenvalue weighted by atomic mass is 16.2. The lowest BCUT2D eigenvalue weighted by molar-refractivity contribution is -0.135. The van der Waals surface area contributed by atoms with E-state index in [4.69, 9.17) is 5.26 Å². The van der Waals surface area contributed by atoms with Crippen LogP contribution >= 0.6 is 0 Å². The van der Waals surface area contributed by atoms with Gasteiger partial charge in [-0.3, -0.25) is 4.79 Å². The molecule has 1 amide bonds. The van der Waals surface area contributed by atoms with E-state index in [0.717, 1.165) is 25.9 Å². The molecule has 2 rings (SSSR count). The molecule has 0 saturated carbocycles. The van der Waals surface area contributed by atoms with Gasteiger partial charge in [0.05, 0.1) is 6.07 Å². The van der Waals surface area contributed by atoms with E-state index >= 15 is 0 Å². The van der Waals surface area contributed by atoms with E-state index in [1.54, 1.807) is 0 Å². The van der Waals surface area contributed by atoms with Gasteiger partial charge in [0.15, 0.2) is 0 Å². The van der Waals surface area contributed by atoms with Crippen LogP contribution in [-0.4, -0.2) is 47.9 Å². The molecule has 4 heteroatoms. The fourth-order valence-electron chi connectivity index (χ4n) is 3.28. The molecule has 2 saturated heterocycles. The average molecular weight is 263 g/mol. The molecule has 0 radical (unpaired) electrons. The molecule has 0 aliphatic carbocycles. The Kier molecular flexibility index (Phi) is 5.21. The zero-order chi connectivity index (χ0) is 13.7. The molecule has 1 atom stereocenters. The van der Waals surface area contributed by atoms with Crippen LogP contribution in [0.1, 0.15) is 45.4 Å². The average Bonchev–Trinajstić information content (AvgIpc) is 2.49. The van der Waals surface area contributed by atoms with Gasteiger partial charge in [0.25, 0.3) is 0 Å². The first-order chi connectivity index (χ1) is 9.26. The van der Waals surface area contributed by atoms with Gasteiger partial charge in [-0.25, -0.2) is 0 Å². The van der Waals surface area contributed by atoms with Gasteiger partial charge in [0, 0.05) is 19.1 Å². The number of likely N-dealkylation sites (tertiary alicyclic amines) is 2. The van der Waals surface area contributed by atoms with Gasteiger partial charge in [-0.15, -0.1) is 0 Å². The summed E-state index contributed by atoms with van der Waals surface area (Å²) >= 11 is 0. The summed E-state index contributed by atoms with van der Waals surface area (Å²) in [5.41, 5.74) is 0. The Bertz CT molecular complexity index is 336. The Morgan fingerprint density at radius 1 is 1.21 bits per heavy atom. The van der Waals surface area contributed by atoms with Gasteiger partial charge in [-0.2, -0.15) is 5.26 Å². The Morgan fingerprint density at radius 3 is 2.37 bits per heavy atom. The maximum absolute atomic E-state index is 12.1. The largest absolute Gasteiger partial charge is 0.341 e. The van der Waals surface area contributed by atoms with Crippen LogP contribution in [0.25, 0.3) is 0 Å². The monoisotopic (exact) mass is 263 g/mol. The standard InChI is InChI=1S/C15H25N3O/c1-2-13(12-16)15(19)18-10-6-14(7-11-18)17-8-4-3-5-9-17/h13-14H,2-11H2,1H3. The molecule has 4 nitrogen and oxygen atoms in total. The summed E-state index contributed by atoms with van der Waals surface area (Å²) in [4.78, 5) is 16.6. The first kappa shape index (κ1) is 14.3. The maximum atomic E-state index is 12.1. The number of rotatable bonds is 3. The molecular weight excluding hydrogens is 238 g/mol. The number of piperidine rings is 2. The first-order valence-corrected chi connectivity index (χ1v) is 7.68. The Balaban J connectivity index is 1.81. The molecule has 106 valence electrons. The Morgan fingerprint density at radius 2 is 1.84 bits per heavy atom. The van der Waals surface area contributed by atoms with Crippen molar-refractivity contribution in [3.8, 4) is 6.07 Å². The predicted octanol–water partition coefficient (Wildman–Crippen LogP) is 2.01. The van der Waals surface area contributed by atoms with Crippen molar-refractivity contribution in [2.75, 3.05) is 26.2 Å². The van der Waals surface area contributed by atoms with Crippen LogP contribution < -0.4 is 0 Å². The van der Waals surface area contributed by atoms with Gasteiger partial charge in [-0.1, -0.05) is 13.3 Å². The number of amides is 1. The summed E-state index contributed by atoms with van der Waals surface area (Å²) in [6.45, 7) is 6.03.